The highest BCUT2D eigenvalue weighted by Crippen LogP contribution is 2.33. The van der Waals surface area contributed by atoms with E-state index < -0.39 is 0 Å². The minimum atomic E-state index is 0.0527. The summed E-state index contributed by atoms with van der Waals surface area (Å²) in [5.41, 5.74) is 4.71. The molecule has 3 heterocycles. The van der Waals surface area contributed by atoms with Crippen LogP contribution in [0.2, 0.25) is 5.02 Å². The number of anilines is 2. The van der Waals surface area contributed by atoms with Gasteiger partial charge in [0, 0.05) is 50.0 Å². The van der Waals surface area contributed by atoms with Crippen molar-refractivity contribution in [1.82, 2.24) is 9.88 Å². The van der Waals surface area contributed by atoms with Crippen LogP contribution >= 0.6 is 22.9 Å². The van der Waals surface area contributed by atoms with Gasteiger partial charge in [-0.25, -0.2) is 4.98 Å². The lowest BCUT2D eigenvalue weighted by Crippen LogP contribution is -2.52. The van der Waals surface area contributed by atoms with Crippen LogP contribution in [-0.4, -0.2) is 55.1 Å². The number of benzene rings is 2. The van der Waals surface area contributed by atoms with Crippen LogP contribution in [0.4, 0.5) is 10.8 Å². The summed E-state index contributed by atoms with van der Waals surface area (Å²) >= 11 is 7.95. The Morgan fingerprint density at radius 1 is 1.03 bits per heavy atom. The molecule has 0 saturated carbocycles. The van der Waals surface area contributed by atoms with E-state index in [1.807, 2.05) is 12.1 Å². The molecule has 2 fully saturated rings. The van der Waals surface area contributed by atoms with Gasteiger partial charge in [0.25, 0.3) is 0 Å². The molecule has 1 amide bonds. The molecule has 0 aliphatic carbocycles. The van der Waals surface area contributed by atoms with Gasteiger partial charge < -0.3 is 14.7 Å². The molecule has 1 aromatic heterocycles. The fraction of sp³-hybridized carbons (Fsp3) is 0.440. The molecular formula is C25H29ClN4OS. The largest absolute Gasteiger partial charge is 0.368 e. The Kier molecular flexibility index (Phi) is 5.99. The lowest BCUT2D eigenvalue weighted by Gasteiger charge is -2.40. The summed E-state index contributed by atoms with van der Waals surface area (Å²) in [5, 5.41) is 1.81. The van der Waals surface area contributed by atoms with E-state index in [1.165, 1.54) is 21.5 Å². The first-order valence-electron chi connectivity index (χ1n) is 11.4. The van der Waals surface area contributed by atoms with E-state index in [0.29, 0.717) is 5.91 Å². The Balaban J connectivity index is 1.23. The summed E-state index contributed by atoms with van der Waals surface area (Å²) in [6.07, 6.45) is 2.00. The maximum absolute atomic E-state index is 13.4. The second-order valence-electron chi connectivity index (χ2n) is 9.00. The third kappa shape index (κ3) is 4.30. The molecule has 0 N–H and O–H groups in total. The smallest absolute Gasteiger partial charge is 0.227 e. The number of aryl methyl sites for hydroxylation is 2. The Hall–Kier alpha value is -2.31. The monoisotopic (exact) mass is 468 g/mol. The Morgan fingerprint density at radius 2 is 1.84 bits per heavy atom. The van der Waals surface area contributed by atoms with Gasteiger partial charge >= 0.3 is 0 Å². The molecule has 1 unspecified atom stereocenters. The predicted molar refractivity (Wildman–Crippen MR) is 134 cm³/mol. The second kappa shape index (κ2) is 8.91. The normalized spacial score (nSPS) is 19.6. The van der Waals surface area contributed by atoms with Gasteiger partial charge in [-0.2, -0.15) is 0 Å². The number of hydrogen-bond donors (Lipinski definition) is 0. The van der Waals surface area contributed by atoms with Crippen LogP contribution in [0.1, 0.15) is 24.0 Å². The van der Waals surface area contributed by atoms with Gasteiger partial charge in [0.2, 0.25) is 5.91 Å². The molecule has 2 aliphatic heterocycles. The number of aromatic nitrogens is 1. The van der Waals surface area contributed by atoms with E-state index in [9.17, 15) is 4.79 Å². The topological polar surface area (TPSA) is 39.7 Å². The van der Waals surface area contributed by atoms with Gasteiger partial charge in [-0.05, 0) is 62.1 Å². The molecule has 5 nitrogen and oxygen atoms in total. The minimum Gasteiger partial charge on any atom is -0.368 e. The SMILES string of the molecule is Cc1ccc2nc(N3CCCC(C(=O)N4CCN(c5cc(Cl)ccc5C)CC4)C3)sc2c1. The van der Waals surface area contributed by atoms with Gasteiger partial charge in [0.1, 0.15) is 0 Å². The van der Waals surface area contributed by atoms with Crippen LogP contribution in [-0.2, 0) is 4.79 Å². The van der Waals surface area contributed by atoms with E-state index in [2.05, 4.69) is 52.8 Å². The minimum absolute atomic E-state index is 0.0527. The number of piperazine rings is 1. The van der Waals surface area contributed by atoms with Gasteiger partial charge in [0.05, 0.1) is 16.1 Å². The zero-order chi connectivity index (χ0) is 22.2. The first-order valence-corrected chi connectivity index (χ1v) is 12.6. The number of piperidine rings is 1. The highest BCUT2D eigenvalue weighted by Gasteiger charge is 2.32. The number of halogens is 1. The Morgan fingerprint density at radius 3 is 2.66 bits per heavy atom. The highest BCUT2D eigenvalue weighted by atomic mass is 35.5. The van der Waals surface area contributed by atoms with Crippen LogP contribution in [0.5, 0.6) is 0 Å². The molecule has 2 aliphatic rings. The standard InChI is InChI=1S/C25H29ClN4OS/c1-17-5-8-21-23(14-17)32-25(27-21)30-9-3-4-19(16-30)24(31)29-12-10-28(11-13-29)22-15-20(26)7-6-18(22)2/h5-8,14-15,19H,3-4,9-13,16H2,1-2H3. The summed E-state index contributed by atoms with van der Waals surface area (Å²) in [4.78, 5) is 24.9. The summed E-state index contributed by atoms with van der Waals surface area (Å²) in [7, 11) is 0. The number of fused-ring (bicyclic) bond motifs is 1. The number of rotatable bonds is 3. The summed E-state index contributed by atoms with van der Waals surface area (Å²) in [5.74, 6) is 0.353. The molecule has 32 heavy (non-hydrogen) atoms. The van der Waals surface area contributed by atoms with Crippen molar-refractivity contribution < 1.29 is 4.79 Å². The fourth-order valence-corrected chi connectivity index (χ4v) is 6.12. The van der Waals surface area contributed by atoms with Crippen LogP contribution in [0.3, 0.4) is 0 Å². The second-order valence-corrected chi connectivity index (χ2v) is 10.4. The molecule has 7 heteroatoms. The number of amides is 1. The average molecular weight is 469 g/mol. The number of thiazole rings is 1. The third-order valence-corrected chi connectivity index (χ3v) is 7.99. The average Bonchev–Trinajstić information content (AvgIpc) is 3.24. The summed E-state index contributed by atoms with van der Waals surface area (Å²) < 4.78 is 1.22. The molecule has 0 spiro atoms. The van der Waals surface area contributed by atoms with E-state index in [-0.39, 0.29) is 5.92 Å². The van der Waals surface area contributed by atoms with Crippen molar-refractivity contribution in [2.75, 3.05) is 49.1 Å². The molecule has 0 bridgehead atoms. The van der Waals surface area contributed by atoms with Gasteiger partial charge in [-0.15, -0.1) is 0 Å². The first-order chi connectivity index (χ1) is 15.5. The summed E-state index contributed by atoms with van der Waals surface area (Å²) in [6, 6.07) is 12.4. The van der Waals surface area contributed by atoms with Crippen molar-refractivity contribution in [2.24, 2.45) is 5.92 Å². The maximum Gasteiger partial charge on any atom is 0.227 e. The molecule has 3 aromatic rings. The zero-order valence-electron chi connectivity index (χ0n) is 18.7. The highest BCUT2D eigenvalue weighted by molar-refractivity contribution is 7.22. The number of hydrogen-bond acceptors (Lipinski definition) is 5. The zero-order valence-corrected chi connectivity index (χ0v) is 20.3. The van der Waals surface area contributed by atoms with Crippen molar-refractivity contribution in [3.05, 3.63) is 52.5 Å². The number of nitrogens with zero attached hydrogens (tertiary/aromatic N) is 4. The van der Waals surface area contributed by atoms with Crippen molar-refractivity contribution in [3.63, 3.8) is 0 Å². The lowest BCUT2D eigenvalue weighted by molar-refractivity contribution is -0.136. The third-order valence-electron chi connectivity index (χ3n) is 6.68. The van der Waals surface area contributed by atoms with Gasteiger partial charge in [0.15, 0.2) is 5.13 Å². The van der Waals surface area contributed by atoms with E-state index in [4.69, 9.17) is 16.6 Å². The van der Waals surface area contributed by atoms with Crippen molar-refractivity contribution in [1.29, 1.82) is 0 Å². The van der Waals surface area contributed by atoms with Gasteiger partial charge in [-0.1, -0.05) is 35.1 Å². The molecule has 2 aromatic carbocycles. The van der Waals surface area contributed by atoms with Crippen molar-refractivity contribution in [3.8, 4) is 0 Å². The van der Waals surface area contributed by atoms with Crippen LogP contribution in [0, 0.1) is 19.8 Å². The lowest BCUT2D eigenvalue weighted by atomic mass is 9.96. The molecule has 2 saturated heterocycles. The predicted octanol–water partition coefficient (Wildman–Crippen LogP) is 5.13. The van der Waals surface area contributed by atoms with E-state index >= 15 is 0 Å². The molecular weight excluding hydrogens is 440 g/mol. The quantitative estimate of drug-likeness (QED) is 0.534. The molecule has 0 radical (unpaired) electrons. The van der Waals surface area contributed by atoms with Crippen LogP contribution in [0.15, 0.2) is 36.4 Å². The maximum atomic E-state index is 13.4. The molecule has 1 atom stereocenters. The molecule has 5 rings (SSSR count). The van der Waals surface area contributed by atoms with Crippen LogP contribution < -0.4 is 9.80 Å². The number of carbonyl (C=O) groups excluding carboxylic acids is 1. The van der Waals surface area contributed by atoms with Crippen LogP contribution in [0.25, 0.3) is 10.2 Å². The van der Waals surface area contributed by atoms with Crippen molar-refractivity contribution >= 4 is 49.9 Å². The fourth-order valence-electron chi connectivity index (χ4n) is 4.86. The Labute approximate surface area is 198 Å². The van der Waals surface area contributed by atoms with E-state index in [0.717, 1.165) is 67.8 Å². The number of carbonyl (C=O) groups is 1. The Bertz CT molecular complexity index is 1140. The molecule has 168 valence electrons. The van der Waals surface area contributed by atoms with Crippen molar-refractivity contribution in [2.45, 2.75) is 26.7 Å². The first kappa shape index (κ1) is 21.5. The van der Waals surface area contributed by atoms with E-state index in [1.54, 1.807) is 11.3 Å². The van der Waals surface area contributed by atoms with Gasteiger partial charge in [-0.3, -0.25) is 4.79 Å². The summed E-state index contributed by atoms with van der Waals surface area (Å²) in [6.45, 7) is 9.20.